The zero-order valence-electron chi connectivity index (χ0n) is 10.6. The van der Waals surface area contributed by atoms with Crippen LogP contribution in [0.3, 0.4) is 0 Å². The summed E-state index contributed by atoms with van der Waals surface area (Å²) in [4.78, 5) is 4.04. The van der Waals surface area contributed by atoms with E-state index in [4.69, 9.17) is 0 Å². The summed E-state index contributed by atoms with van der Waals surface area (Å²) in [6.07, 6.45) is 5.08. The monoisotopic (exact) mass is 283 g/mol. The standard InChI is InChI=1S/C6H5N5.C4H4N6/c1-2-4-7-5(3-1)6-8-10-11-9-6;1-2-5-10(3-1)4-6-8-9-7-4/h1-4H,(H,8,9,10,11);1-3H,(H,6,7,8,9). The molecular weight excluding hydrogens is 274 g/mol. The summed E-state index contributed by atoms with van der Waals surface area (Å²) >= 11 is 0. The molecule has 0 fully saturated rings. The van der Waals surface area contributed by atoms with Gasteiger partial charge in [-0.2, -0.15) is 15.5 Å². The van der Waals surface area contributed by atoms with E-state index in [1.54, 1.807) is 24.7 Å². The number of hydrogen-bond donors (Lipinski definition) is 2. The fourth-order valence-electron chi connectivity index (χ4n) is 1.41. The second-order valence-electron chi connectivity index (χ2n) is 3.61. The number of H-pyrrole nitrogens is 2. The van der Waals surface area contributed by atoms with Crippen LogP contribution in [0.1, 0.15) is 0 Å². The first-order valence-electron chi connectivity index (χ1n) is 5.82. The zero-order chi connectivity index (χ0) is 14.3. The van der Waals surface area contributed by atoms with Gasteiger partial charge in [0.25, 0.3) is 5.95 Å². The van der Waals surface area contributed by atoms with Gasteiger partial charge >= 0.3 is 0 Å². The molecule has 0 unspecified atom stereocenters. The van der Waals surface area contributed by atoms with Crippen molar-refractivity contribution in [1.29, 1.82) is 0 Å². The third kappa shape index (κ3) is 3.09. The summed E-state index contributed by atoms with van der Waals surface area (Å²) in [6.45, 7) is 0. The second-order valence-corrected chi connectivity index (χ2v) is 3.61. The molecule has 0 spiro atoms. The quantitative estimate of drug-likeness (QED) is 0.508. The van der Waals surface area contributed by atoms with Crippen molar-refractivity contribution >= 4 is 0 Å². The van der Waals surface area contributed by atoms with Gasteiger partial charge in [0, 0.05) is 18.6 Å². The lowest BCUT2D eigenvalue weighted by Crippen LogP contribution is -1.96. The van der Waals surface area contributed by atoms with Gasteiger partial charge in [-0.3, -0.25) is 4.98 Å². The van der Waals surface area contributed by atoms with Gasteiger partial charge in [0.1, 0.15) is 5.69 Å². The van der Waals surface area contributed by atoms with Gasteiger partial charge in [0.15, 0.2) is 0 Å². The molecule has 4 rings (SSSR count). The highest BCUT2D eigenvalue weighted by Gasteiger charge is 2.00. The molecule has 0 aliphatic rings. The maximum atomic E-state index is 4.04. The summed E-state index contributed by atoms with van der Waals surface area (Å²) in [6, 6.07) is 7.32. The number of aromatic amines is 2. The summed E-state index contributed by atoms with van der Waals surface area (Å²) in [7, 11) is 0. The topological polar surface area (TPSA) is 140 Å². The molecule has 21 heavy (non-hydrogen) atoms. The van der Waals surface area contributed by atoms with E-state index >= 15 is 0 Å². The van der Waals surface area contributed by atoms with E-state index in [1.807, 2.05) is 18.2 Å². The Labute approximate surface area is 117 Å². The highest BCUT2D eigenvalue weighted by molar-refractivity contribution is 5.46. The van der Waals surface area contributed by atoms with Crippen LogP contribution in [0.15, 0.2) is 42.9 Å². The average Bonchev–Trinajstić information content (AvgIpc) is 3.29. The number of nitrogens with one attached hydrogen (secondary N) is 2. The van der Waals surface area contributed by atoms with Crippen LogP contribution in [0.5, 0.6) is 0 Å². The lowest BCUT2D eigenvalue weighted by molar-refractivity contribution is 0.812. The van der Waals surface area contributed by atoms with E-state index < -0.39 is 0 Å². The Kier molecular flexibility index (Phi) is 3.64. The third-order valence-electron chi connectivity index (χ3n) is 2.28. The Bertz CT molecular complexity index is 698. The molecule has 0 aliphatic carbocycles. The van der Waals surface area contributed by atoms with Crippen molar-refractivity contribution in [2.24, 2.45) is 0 Å². The Morgan fingerprint density at radius 2 is 1.81 bits per heavy atom. The smallest absolute Gasteiger partial charge is 0.253 e. The first-order chi connectivity index (χ1) is 10.4. The minimum absolute atomic E-state index is 0.449. The molecule has 0 bridgehead atoms. The van der Waals surface area contributed by atoms with Gasteiger partial charge in [-0.15, -0.1) is 15.3 Å². The summed E-state index contributed by atoms with van der Waals surface area (Å²) in [5, 5.41) is 30.4. The summed E-state index contributed by atoms with van der Waals surface area (Å²) < 4.78 is 1.52. The van der Waals surface area contributed by atoms with E-state index in [1.165, 1.54) is 4.68 Å². The van der Waals surface area contributed by atoms with Crippen LogP contribution in [-0.4, -0.2) is 56.0 Å². The van der Waals surface area contributed by atoms with Gasteiger partial charge in [-0.25, -0.2) is 4.68 Å². The molecule has 104 valence electrons. The van der Waals surface area contributed by atoms with E-state index in [9.17, 15) is 0 Å². The molecule has 0 aliphatic heterocycles. The summed E-state index contributed by atoms with van der Waals surface area (Å²) in [5.41, 5.74) is 0.723. The van der Waals surface area contributed by atoms with E-state index in [2.05, 4.69) is 51.3 Å². The molecule has 4 aromatic rings. The van der Waals surface area contributed by atoms with Crippen LogP contribution in [-0.2, 0) is 0 Å². The van der Waals surface area contributed by atoms with Crippen molar-refractivity contribution in [2.75, 3.05) is 0 Å². The average molecular weight is 283 g/mol. The van der Waals surface area contributed by atoms with Crippen molar-refractivity contribution < 1.29 is 0 Å². The van der Waals surface area contributed by atoms with Crippen molar-refractivity contribution in [3.63, 3.8) is 0 Å². The van der Waals surface area contributed by atoms with Gasteiger partial charge in [-0.05, 0) is 28.6 Å². The lowest BCUT2D eigenvalue weighted by atomic mass is 10.3. The molecule has 0 atom stereocenters. The van der Waals surface area contributed by atoms with E-state index in [0.29, 0.717) is 11.8 Å². The Morgan fingerprint density at radius 1 is 0.905 bits per heavy atom. The fourth-order valence-corrected chi connectivity index (χ4v) is 1.41. The molecular formula is C10H9N11. The number of hydrogen-bond acceptors (Lipinski definition) is 8. The fraction of sp³-hybridized carbons (Fsp3) is 0. The van der Waals surface area contributed by atoms with Crippen LogP contribution < -0.4 is 0 Å². The number of nitrogens with zero attached hydrogens (tertiary/aromatic N) is 9. The van der Waals surface area contributed by atoms with Gasteiger partial charge in [-0.1, -0.05) is 11.2 Å². The number of aromatic nitrogens is 11. The molecule has 0 saturated heterocycles. The number of tetrazole rings is 2. The highest BCUT2D eigenvalue weighted by atomic mass is 15.5. The minimum Gasteiger partial charge on any atom is -0.253 e. The third-order valence-corrected chi connectivity index (χ3v) is 2.28. The Morgan fingerprint density at radius 3 is 2.43 bits per heavy atom. The second kappa shape index (κ2) is 6.10. The normalized spacial score (nSPS) is 9.90. The number of rotatable bonds is 2. The first kappa shape index (κ1) is 12.5. The van der Waals surface area contributed by atoms with E-state index in [0.717, 1.165) is 5.69 Å². The summed E-state index contributed by atoms with van der Waals surface area (Å²) in [5.74, 6) is 0.968. The van der Waals surface area contributed by atoms with Gasteiger partial charge in [0.05, 0.1) is 0 Å². The predicted molar refractivity (Wildman–Crippen MR) is 68.7 cm³/mol. The van der Waals surface area contributed by atoms with Crippen LogP contribution in [0, 0.1) is 0 Å². The van der Waals surface area contributed by atoms with Crippen LogP contribution >= 0.6 is 0 Å². The SMILES string of the molecule is c1ccc(-c2nn[nH]n2)nc1.c1cnn(-c2nn[nH]n2)c1. The number of pyridine rings is 1. The molecule has 0 saturated carbocycles. The molecule has 0 aromatic carbocycles. The maximum Gasteiger partial charge on any atom is 0.290 e. The Balaban J connectivity index is 0.000000126. The lowest BCUT2D eigenvalue weighted by Gasteiger charge is -1.88. The van der Waals surface area contributed by atoms with Crippen molar-refractivity contribution in [3.05, 3.63) is 42.9 Å². The zero-order valence-corrected chi connectivity index (χ0v) is 10.6. The predicted octanol–water partition coefficient (Wildman–Crippen LogP) is -0.353. The first-order valence-corrected chi connectivity index (χ1v) is 5.82. The van der Waals surface area contributed by atoms with Crippen molar-refractivity contribution in [3.8, 4) is 17.5 Å². The van der Waals surface area contributed by atoms with Crippen LogP contribution in [0.2, 0.25) is 0 Å². The maximum absolute atomic E-state index is 4.04. The van der Waals surface area contributed by atoms with Crippen LogP contribution in [0.25, 0.3) is 17.5 Å². The molecule has 2 N–H and O–H groups in total. The minimum atomic E-state index is 0.449. The van der Waals surface area contributed by atoms with Crippen molar-refractivity contribution in [1.82, 2.24) is 56.0 Å². The molecule has 0 radical (unpaired) electrons. The van der Waals surface area contributed by atoms with E-state index in [-0.39, 0.29) is 0 Å². The molecule has 0 amide bonds. The molecule has 4 heterocycles. The van der Waals surface area contributed by atoms with Gasteiger partial charge in [0.2, 0.25) is 5.82 Å². The molecule has 4 aromatic heterocycles. The molecule has 11 heteroatoms. The Hall–Kier alpha value is -3.50. The van der Waals surface area contributed by atoms with Crippen LogP contribution in [0.4, 0.5) is 0 Å². The highest BCUT2D eigenvalue weighted by Crippen LogP contribution is 2.06. The van der Waals surface area contributed by atoms with Gasteiger partial charge < -0.3 is 0 Å². The largest absolute Gasteiger partial charge is 0.290 e. The molecule has 11 nitrogen and oxygen atoms in total. The van der Waals surface area contributed by atoms with Crippen molar-refractivity contribution in [2.45, 2.75) is 0 Å².